The van der Waals surface area contributed by atoms with Gasteiger partial charge in [0.2, 0.25) is 0 Å². The lowest BCUT2D eigenvalue weighted by Crippen LogP contribution is -2.32. The molecule has 1 aliphatic heterocycles. The summed E-state index contributed by atoms with van der Waals surface area (Å²) in [6.45, 7) is 1.17. The van der Waals surface area contributed by atoms with E-state index in [2.05, 4.69) is 10.1 Å². The molecule has 0 saturated carbocycles. The third-order valence-electron chi connectivity index (χ3n) is 2.99. The van der Waals surface area contributed by atoms with Crippen LogP contribution in [0.3, 0.4) is 0 Å². The van der Waals surface area contributed by atoms with Gasteiger partial charge in [-0.05, 0) is 31.2 Å². The number of allylic oxidation sites excluding steroid dienone is 2. The van der Waals surface area contributed by atoms with Crippen molar-refractivity contribution in [2.75, 3.05) is 0 Å². The first kappa shape index (κ1) is 20.1. The summed E-state index contributed by atoms with van der Waals surface area (Å²) in [4.78, 5) is 11.5. The normalized spacial score (nSPS) is 18.0. The monoisotopic (exact) mass is 413 g/mol. The van der Waals surface area contributed by atoms with E-state index in [9.17, 15) is 35.9 Å². The van der Waals surface area contributed by atoms with Gasteiger partial charge in [0.15, 0.2) is 0 Å². The van der Waals surface area contributed by atoms with Gasteiger partial charge in [0, 0.05) is 26.0 Å². The minimum atomic E-state index is -5.00. The van der Waals surface area contributed by atoms with Gasteiger partial charge in [-0.3, -0.25) is 4.79 Å². The molecule has 1 aliphatic rings. The topological polar surface area (TPSA) is 92.7 Å². The number of carbonyl (C=O) groups is 1. The smallest absolute Gasteiger partial charge is 0.406 e. The van der Waals surface area contributed by atoms with Crippen molar-refractivity contribution in [3.05, 3.63) is 46.8 Å². The lowest BCUT2D eigenvalue weighted by Gasteiger charge is -2.13. The van der Waals surface area contributed by atoms with Gasteiger partial charge in [0.05, 0.1) is 5.03 Å². The third kappa shape index (κ3) is 4.71. The Labute approximate surface area is 147 Å². The molecule has 0 spiro atoms. The highest BCUT2D eigenvalue weighted by Gasteiger charge is 2.32. The maximum Gasteiger partial charge on any atom is 0.573 e. The Bertz CT molecular complexity index is 941. The number of aliphatic hydroxyl groups excluding tert-OH is 1. The van der Waals surface area contributed by atoms with E-state index >= 15 is 0 Å². The van der Waals surface area contributed by atoms with Gasteiger partial charge in [-0.2, -0.15) is 8.42 Å². The zero-order valence-corrected chi connectivity index (χ0v) is 14.5. The van der Waals surface area contributed by atoms with E-state index in [0.717, 1.165) is 12.1 Å². The summed E-state index contributed by atoms with van der Waals surface area (Å²) < 4.78 is 77.4. The van der Waals surface area contributed by atoms with E-state index < -0.39 is 48.7 Å². The van der Waals surface area contributed by atoms with Gasteiger partial charge >= 0.3 is 6.36 Å². The summed E-state index contributed by atoms with van der Waals surface area (Å²) in [6.07, 6.45) is -3.96. The molecule has 0 saturated heterocycles. The zero-order valence-electron chi connectivity index (χ0n) is 12.9. The molecule has 2 unspecified atom stereocenters. The van der Waals surface area contributed by atoms with Crippen LogP contribution in [0.4, 0.5) is 17.6 Å². The number of alkyl halides is 3. The van der Waals surface area contributed by atoms with Crippen molar-refractivity contribution in [2.24, 2.45) is 0 Å². The lowest BCUT2D eigenvalue weighted by molar-refractivity contribution is -0.274. The summed E-state index contributed by atoms with van der Waals surface area (Å²) in [7, 11) is -4.58. The molecule has 26 heavy (non-hydrogen) atoms. The minimum absolute atomic E-state index is 0.0599. The van der Waals surface area contributed by atoms with Crippen LogP contribution in [0.15, 0.2) is 35.4 Å². The minimum Gasteiger partial charge on any atom is -0.406 e. The number of hydrogen-bond donors (Lipinski definition) is 2. The van der Waals surface area contributed by atoms with Crippen molar-refractivity contribution in [3.63, 3.8) is 0 Å². The van der Waals surface area contributed by atoms with Crippen LogP contribution in [-0.2, 0) is 23.5 Å². The Balaban J connectivity index is 2.36. The van der Waals surface area contributed by atoms with E-state index in [-0.39, 0.29) is 15.5 Å². The summed E-state index contributed by atoms with van der Waals surface area (Å²) in [5.74, 6) is -2.78. The van der Waals surface area contributed by atoms with Gasteiger partial charge in [-0.1, -0.05) is 0 Å². The molecule has 12 heteroatoms. The molecule has 142 valence electrons. The molecule has 6 nitrogen and oxygen atoms in total. The third-order valence-corrected chi connectivity index (χ3v) is 6.55. The molecule has 1 aromatic carbocycles. The summed E-state index contributed by atoms with van der Waals surface area (Å²) in [5.41, 5.74) is -0.260. The predicted octanol–water partition coefficient (Wildman–Crippen LogP) is 1.83. The van der Waals surface area contributed by atoms with Crippen LogP contribution in [0, 0.1) is 5.82 Å². The maximum atomic E-state index is 14.2. The van der Waals surface area contributed by atoms with Crippen LogP contribution in [0.5, 0.6) is 5.75 Å². The van der Waals surface area contributed by atoms with Gasteiger partial charge in [-0.15, -0.1) is 13.2 Å². The fourth-order valence-electron chi connectivity index (χ4n) is 1.94. The number of nitrogens with one attached hydrogen (secondary N) is 1. The van der Waals surface area contributed by atoms with Crippen molar-refractivity contribution in [3.8, 4) is 5.75 Å². The number of benzene rings is 1. The van der Waals surface area contributed by atoms with E-state index in [1.54, 1.807) is 0 Å². The average molecular weight is 413 g/mol. The molecule has 2 rings (SSSR count). The van der Waals surface area contributed by atoms with Crippen molar-refractivity contribution in [2.45, 2.75) is 19.4 Å². The Morgan fingerprint density at radius 1 is 1.31 bits per heavy atom. The fourth-order valence-corrected chi connectivity index (χ4v) is 5.02. The van der Waals surface area contributed by atoms with Crippen LogP contribution in [-0.4, -0.2) is 31.9 Å². The quantitative estimate of drug-likeness (QED) is 0.735. The lowest BCUT2D eigenvalue weighted by atomic mass is 10.2. The second-order valence-electron chi connectivity index (χ2n) is 4.89. The van der Waals surface area contributed by atoms with Crippen molar-refractivity contribution in [1.29, 1.82) is 0 Å². The predicted molar refractivity (Wildman–Crippen MR) is 85.3 cm³/mol. The Kier molecular flexibility index (Phi) is 5.88. The molecule has 2 atom stereocenters. The second kappa shape index (κ2) is 7.60. The molecule has 0 radical (unpaired) electrons. The Morgan fingerprint density at radius 3 is 2.46 bits per heavy atom. The number of hydrogen-bond acceptors (Lipinski definition) is 5. The standard InChI is InChI=1S/C14H11F4NO5S2/c1-7(20)13(21)19-12-5-4-11(25(12)26(22)23)9-3-2-8(6-10(9)15)24-14(16,17)18/h2-7,20H,1H3,(H,19,21). The number of halogens is 4. The molecule has 0 fully saturated rings. The highest BCUT2D eigenvalue weighted by Crippen LogP contribution is 2.33. The van der Waals surface area contributed by atoms with Crippen LogP contribution < -0.4 is 10.1 Å². The van der Waals surface area contributed by atoms with Crippen LogP contribution >= 0.6 is 0 Å². The number of rotatable bonds is 4. The highest BCUT2D eigenvalue weighted by molar-refractivity contribution is 8.40. The van der Waals surface area contributed by atoms with Crippen LogP contribution in [0.25, 0.3) is 4.91 Å². The number of ether oxygens (including phenoxy) is 1. The number of aliphatic hydroxyl groups is 1. The Hall–Kier alpha value is -2.18. The summed E-state index contributed by atoms with van der Waals surface area (Å²) in [5, 5.41) is 11.3. The fraction of sp³-hybridized carbons (Fsp3) is 0.214. The largest absolute Gasteiger partial charge is 0.573 e. The Morgan fingerprint density at radius 2 is 1.96 bits per heavy atom. The molecule has 2 N–H and O–H groups in total. The molecule has 0 aliphatic carbocycles. The molecule has 0 aromatic heterocycles. The van der Waals surface area contributed by atoms with Gasteiger partial charge in [0.1, 0.15) is 17.7 Å². The molecular weight excluding hydrogens is 402 g/mol. The number of carbonyl (C=O) groups excluding carboxylic acids is 1. The van der Waals surface area contributed by atoms with Gasteiger partial charge < -0.3 is 15.2 Å². The summed E-state index contributed by atoms with van der Waals surface area (Å²) >= 11 is 0. The number of amides is 1. The molecular formula is C14H11F4NO5S2. The molecule has 1 heterocycles. The van der Waals surface area contributed by atoms with Crippen LogP contribution in [0.2, 0.25) is 0 Å². The second-order valence-corrected chi connectivity index (χ2v) is 8.53. The van der Waals surface area contributed by atoms with Crippen molar-refractivity contribution >= 4 is 29.5 Å². The SMILES string of the molecule is CC(O)C(=O)NC1=CC=C(c2ccc(OC(F)(F)F)cc2F)S1=S(=O)=O. The van der Waals surface area contributed by atoms with E-state index in [1.807, 2.05) is 0 Å². The van der Waals surface area contributed by atoms with E-state index in [0.29, 0.717) is 6.07 Å². The van der Waals surface area contributed by atoms with Crippen LogP contribution in [0.1, 0.15) is 12.5 Å². The van der Waals surface area contributed by atoms with Crippen molar-refractivity contribution < 1.29 is 40.6 Å². The molecule has 1 amide bonds. The zero-order chi connectivity index (χ0) is 19.6. The first-order chi connectivity index (χ1) is 12.0. The van der Waals surface area contributed by atoms with Gasteiger partial charge in [-0.25, -0.2) is 4.39 Å². The van der Waals surface area contributed by atoms with Gasteiger partial charge in [0.25, 0.3) is 15.2 Å². The van der Waals surface area contributed by atoms with Crippen molar-refractivity contribution in [1.82, 2.24) is 5.32 Å². The average Bonchev–Trinajstić information content (AvgIpc) is 2.89. The van der Waals surface area contributed by atoms with E-state index in [1.165, 1.54) is 19.1 Å². The summed E-state index contributed by atoms with van der Waals surface area (Å²) in [6, 6.07) is 2.27. The highest BCUT2D eigenvalue weighted by atomic mass is 32.9. The molecule has 0 bridgehead atoms. The first-order valence-corrected chi connectivity index (χ1v) is 9.62. The maximum absolute atomic E-state index is 14.2. The van der Waals surface area contributed by atoms with E-state index in [4.69, 9.17) is 0 Å². The molecule has 1 aromatic rings. The first-order valence-electron chi connectivity index (χ1n) is 6.80.